The summed E-state index contributed by atoms with van der Waals surface area (Å²) in [4.78, 5) is 7.65. The number of rotatable bonds is 1. The molecule has 2 aromatic heterocycles. The van der Waals surface area contributed by atoms with Crippen molar-refractivity contribution >= 4 is 16.6 Å². The van der Waals surface area contributed by atoms with E-state index in [0.29, 0.717) is 0 Å². The van der Waals surface area contributed by atoms with Crippen molar-refractivity contribution in [2.45, 2.75) is 19.3 Å². The number of hydrogen-bond acceptors (Lipinski definition) is 1. The van der Waals surface area contributed by atoms with E-state index in [0.717, 1.165) is 5.65 Å². The zero-order valence-electron chi connectivity index (χ0n) is 7.96. The Morgan fingerprint density at radius 3 is 3.14 bits per heavy atom. The normalized spacial score (nSPS) is 16.1. The van der Waals surface area contributed by atoms with Crippen molar-refractivity contribution in [3.8, 4) is 0 Å². The van der Waals surface area contributed by atoms with Gasteiger partial charge in [-0.25, -0.2) is 4.98 Å². The van der Waals surface area contributed by atoms with Gasteiger partial charge in [0, 0.05) is 17.3 Å². The average Bonchev–Trinajstić information content (AvgIpc) is 2.86. The first-order valence-corrected chi connectivity index (χ1v) is 5.06. The number of fused-ring (bicyclic) bond motifs is 1. The Labute approximate surface area is 82.7 Å². The van der Waals surface area contributed by atoms with E-state index in [1.807, 2.05) is 12.3 Å². The lowest BCUT2D eigenvalue weighted by Gasteiger charge is -1.94. The van der Waals surface area contributed by atoms with Crippen molar-refractivity contribution in [2.24, 2.45) is 0 Å². The van der Waals surface area contributed by atoms with Crippen molar-refractivity contribution < 1.29 is 0 Å². The number of aromatic amines is 1. The summed E-state index contributed by atoms with van der Waals surface area (Å²) in [6.07, 6.45) is 7.86. The molecule has 2 nitrogen and oxygen atoms in total. The number of allylic oxidation sites excluding steroid dienone is 2. The summed E-state index contributed by atoms with van der Waals surface area (Å²) in [5.41, 5.74) is 3.69. The molecular formula is C12H12N2. The predicted molar refractivity (Wildman–Crippen MR) is 57.9 cm³/mol. The van der Waals surface area contributed by atoms with E-state index in [4.69, 9.17) is 0 Å². The molecule has 0 fully saturated rings. The van der Waals surface area contributed by atoms with E-state index in [1.165, 1.54) is 35.9 Å². The van der Waals surface area contributed by atoms with E-state index in [9.17, 15) is 0 Å². The molecule has 2 heteroatoms. The summed E-state index contributed by atoms with van der Waals surface area (Å²) in [6.45, 7) is 0. The van der Waals surface area contributed by atoms with Gasteiger partial charge in [0.15, 0.2) is 0 Å². The van der Waals surface area contributed by atoms with Gasteiger partial charge in [-0.2, -0.15) is 0 Å². The molecule has 0 amide bonds. The highest BCUT2D eigenvalue weighted by Crippen LogP contribution is 2.28. The van der Waals surface area contributed by atoms with Crippen LogP contribution in [0.1, 0.15) is 25.0 Å². The maximum Gasteiger partial charge on any atom is 0.137 e. The Morgan fingerprint density at radius 1 is 1.36 bits per heavy atom. The number of nitrogens with zero attached hydrogens (tertiary/aromatic N) is 1. The predicted octanol–water partition coefficient (Wildman–Crippen LogP) is 3.13. The van der Waals surface area contributed by atoms with Crippen LogP contribution >= 0.6 is 0 Å². The van der Waals surface area contributed by atoms with Crippen LogP contribution in [0, 0.1) is 0 Å². The molecule has 3 rings (SSSR count). The topological polar surface area (TPSA) is 28.7 Å². The highest BCUT2D eigenvalue weighted by Gasteiger charge is 2.09. The van der Waals surface area contributed by atoms with Crippen LogP contribution in [0.15, 0.2) is 30.5 Å². The van der Waals surface area contributed by atoms with Gasteiger partial charge in [0.25, 0.3) is 0 Å². The maximum atomic E-state index is 4.29. The number of nitrogens with one attached hydrogen (secondary N) is 1. The number of pyridine rings is 1. The Balaban J connectivity index is 2.14. The fourth-order valence-electron chi connectivity index (χ4n) is 2.05. The van der Waals surface area contributed by atoms with Crippen molar-refractivity contribution in [1.82, 2.24) is 9.97 Å². The van der Waals surface area contributed by atoms with Gasteiger partial charge in [-0.1, -0.05) is 6.08 Å². The van der Waals surface area contributed by atoms with E-state index >= 15 is 0 Å². The van der Waals surface area contributed by atoms with E-state index < -0.39 is 0 Å². The molecule has 14 heavy (non-hydrogen) atoms. The fraction of sp³-hybridized carbons (Fsp3) is 0.250. The molecule has 0 atom stereocenters. The summed E-state index contributed by atoms with van der Waals surface area (Å²) < 4.78 is 0. The van der Waals surface area contributed by atoms with Gasteiger partial charge in [-0.3, -0.25) is 0 Å². The first kappa shape index (κ1) is 7.80. The minimum absolute atomic E-state index is 0.996. The molecule has 0 spiro atoms. The third kappa shape index (κ3) is 1.15. The molecule has 70 valence electrons. The average molecular weight is 184 g/mol. The summed E-state index contributed by atoms with van der Waals surface area (Å²) in [7, 11) is 0. The van der Waals surface area contributed by atoms with Gasteiger partial charge in [0.05, 0.1) is 0 Å². The summed E-state index contributed by atoms with van der Waals surface area (Å²) in [6, 6.07) is 6.26. The second-order valence-corrected chi connectivity index (χ2v) is 3.75. The van der Waals surface area contributed by atoms with Crippen LogP contribution in [-0.4, -0.2) is 9.97 Å². The van der Waals surface area contributed by atoms with E-state index in [1.54, 1.807) is 0 Å². The summed E-state index contributed by atoms with van der Waals surface area (Å²) >= 11 is 0. The second-order valence-electron chi connectivity index (χ2n) is 3.75. The third-order valence-corrected chi connectivity index (χ3v) is 2.78. The minimum Gasteiger partial charge on any atom is -0.340 e. The second kappa shape index (κ2) is 2.98. The zero-order valence-corrected chi connectivity index (χ0v) is 7.96. The first-order chi connectivity index (χ1) is 6.93. The van der Waals surface area contributed by atoms with Gasteiger partial charge < -0.3 is 4.98 Å². The molecule has 0 saturated heterocycles. The monoisotopic (exact) mass is 184 g/mol. The quantitative estimate of drug-likeness (QED) is 0.724. The SMILES string of the molecule is C1=C(c2cc3cccnc3[nH]2)CCC1. The Hall–Kier alpha value is -1.57. The summed E-state index contributed by atoms with van der Waals surface area (Å²) in [5.74, 6) is 0. The molecule has 0 unspecified atom stereocenters. The molecule has 2 heterocycles. The van der Waals surface area contributed by atoms with Gasteiger partial charge in [-0.05, 0) is 43.0 Å². The lowest BCUT2D eigenvalue weighted by atomic mass is 10.1. The van der Waals surface area contributed by atoms with Gasteiger partial charge >= 0.3 is 0 Å². The molecule has 2 aromatic rings. The van der Waals surface area contributed by atoms with Crippen molar-refractivity contribution in [1.29, 1.82) is 0 Å². The van der Waals surface area contributed by atoms with Crippen LogP contribution in [0.25, 0.3) is 16.6 Å². The highest BCUT2D eigenvalue weighted by molar-refractivity contribution is 5.82. The van der Waals surface area contributed by atoms with Crippen molar-refractivity contribution in [3.05, 3.63) is 36.2 Å². The van der Waals surface area contributed by atoms with Crippen LogP contribution in [0.3, 0.4) is 0 Å². The number of hydrogen-bond donors (Lipinski definition) is 1. The lowest BCUT2D eigenvalue weighted by molar-refractivity contribution is 0.933. The molecule has 1 N–H and O–H groups in total. The molecule has 0 radical (unpaired) electrons. The standard InChI is InChI=1S/C12H12N2/c1-2-5-9(4-1)11-8-10-6-3-7-13-12(10)14-11/h3-4,6-8H,1-2,5H2,(H,13,14). The van der Waals surface area contributed by atoms with Crippen molar-refractivity contribution in [3.63, 3.8) is 0 Å². The summed E-state index contributed by atoms with van der Waals surface area (Å²) in [5, 5.41) is 1.20. The van der Waals surface area contributed by atoms with Crippen LogP contribution in [0.4, 0.5) is 0 Å². The van der Waals surface area contributed by atoms with Gasteiger partial charge in [-0.15, -0.1) is 0 Å². The molecule has 0 bridgehead atoms. The fourth-order valence-corrected chi connectivity index (χ4v) is 2.05. The Bertz CT molecular complexity index is 461. The van der Waals surface area contributed by atoms with Crippen LogP contribution in [0.5, 0.6) is 0 Å². The Morgan fingerprint density at radius 2 is 2.36 bits per heavy atom. The van der Waals surface area contributed by atoms with Gasteiger partial charge in [0.2, 0.25) is 0 Å². The van der Waals surface area contributed by atoms with Crippen LogP contribution < -0.4 is 0 Å². The highest BCUT2D eigenvalue weighted by atomic mass is 14.9. The largest absolute Gasteiger partial charge is 0.340 e. The van der Waals surface area contributed by atoms with Crippen LogP contribution in [0.2, 0.25) is 0 Å². The van der Waals surface area contributed by atoms with E-state index in [2.05, 4.69) is 28.2 Å². The maximum absolute atomic E-state index is 4.29. The molecule has 0 aliphatic heterocycles. The number of aromatic nitrogens is 2. The molecule has 0 aromatic carbocycles. The van der Waals surface area contributed by atoms with Crippen LogP contribution in [-0.2, 0) is 0 Å². The van der Waals surface area contributed by atoms with Crippen molar-refractivity contribution in [2.75, 3.05) is 0 Å². The number of H-pyrrole nitrogens is 1. The smallest absolute Gasteiger partial charge is 0.137 e. The van der Waals surface area contributed by atoms with Gasteiger partial charge in [0.1, 0.15) is 5.65 Å². The Kier molecular flexibility index (Phi) is 1.66. The lowest BCUT2D eigenvalue weighted by Crippen LogP contribution is -1.79. The molecular weight excluding hydrogens is 172 g/mol. The minimum atomic E-state index is 0.996. The molecule has 1 aliphatic rings. The van der Waals surface area contributed by atoms with E-state index in [-0.39, 0.29) is 0 Å². The first-order valence-electron chi connectivity index (χ1n) is 5.06. The third-order valence-electron chi connectivity index (χ3n) is 2.78. The zero-order chi connectivity index (χ0) is 9.38. The molecule has 0 saturated carbocycles. The molecule has 1 aliphatic carbocycles.